The number of aliphatic hydroxyl groups is 1. The van der Waals surface area contributed by atoms with Gasteiger partial charge in [0.2, 0.25) is 5.91 Å². The first kappa shape index (κ1) is 20.3. The number of rotatable bonds is 4. The predicted octanol–water partition coefficient (Wildman–Crippen LogP) is 2.81. The Bertz CT molecular complexity index is 888. The average Bonchev–Trinajstić information content (AvgIpc) is 3.00. The third-order valence-corrected chi connectivity index (χ3v) is 8.90. The van der Waals surface area contributed by atoms with E-state index in [0.29, 0.717) is 23.3 Å². The molecule has 0 spiro atoms. The molecule has 4 saturated carbocycles. The molecule has 4 N–H and O–H groups in total. The van der Waals surface area contributed by atoms with Gasteiger partial charge < -0.3 is 25.8 Å². The third kappa shape index (κ3) is 3.45. The number of ether oxygens (including phenoxy) is 1. The van der Waals surface area contributed by atoms with Gasteiger partial charge in [0.05, 0.1) is 5.60 Å². The normalized spacial score (nSPS) is 41.5. The summed E-state index contributed by atoms with van der Waals surface area (Å²) >= 11 is 0. The number of nitrogens with two attached hydrogens (primary N) is 1. The van der Waals surface area contributed by atoms with E-state index < -0.39 is 11.5 Å². The molecule has 6 bridgehead atoms. The molecule has 6 fully saturated rings. The molecule has 7 heteroatoms. The lowest BCUT2D eigenvalue weighted by molar-refractivity contribution is -0.137. The van der Waals surface area contributed by atoms with Crippen LogP contribution in [0.2, 0.25) is 0 Å². The number of nitrogens with zero attached hydrogens (tertiary/aromatic N) is 1. The van der Waals surface area contributed by atoms with Crippen LogP contribution in [0, 0.1) is 17.8 Å². The number of carbonyl (C=O) groups excluding carboxylic acids is 2. The zero-order valence-electron chi connectivity index (χ0n) is 18.4. The Morgan fingerprint density at radius 3 is 2.19 bits per heavy atom. The molecule has 172 valence electrons. The van der Waals surface area contributed by atoms with Gasteiger partial charge in [0, 0.05) is 36.5 Å². The molecular formula is C25H33N3O4. The second-order valence-electron chi connectivity index (χ2n) is 11.1. The highest BCUT2D eigenvalue weighted by molar-refractivity contribution is 5.92. The molecule has 7 nitrogen and oxygen atoms in total. The van der Waals surface area contributed by atoms with Gasteiger partial charge in [-0.1, -0.05) is 0 Å². The van der Waals surface area contributed by atoms with Gasteiger partial charge in [-0.15, -0.1) is 0 Å². The summed E-state index contributed by atoms with van der Waals surface area (Å²) in [6.45, 7) is 0. The van der Waals surface area contributed by atoms with Crippen molar-refractivity contribution in [2.75, 3.05) is 0 Å². The van der Waals surface area contributed by atoms with Gasteiger partial charge in [-0.2, -0.15) is 0 Å². The van der Waals surface area contributed by atoms with Crippen molar-refractivity contribution in [1.82, 2.24) is 10.2 Å². The van der Waals surface area contributed by atoms with Crippen LogP contribution < -0.4 is 15.8 Å². The minimum Gasteiger partial charge on any atom is -0.490 e. The summed E-state index contributed by atoms with van der Waals surface area (Å²) in [5.74, 6) is 1.80. The molecule has 1 aromatic rings. The van der Waals surface area contributed by atoms with Gasteiger partial charge in [-0.3, -0.25) is 4.79 Å². The minimum atomic E-state index is -0.470. The van der Waals surface area contributed by atoms with Crippen molar-refractivity contribution in [2.24, 2.45) is 23.5 Å². The van der Waals surface area contributed by atoms with E-state index in [0.717, 1.165) is 63.5 Å². The minimum absolute atomic E-state index is 0.0754. The highest BCUT2D eigenvalue weighted by Crippen LogP contribution is 2.55. The van der Waals surface area contributed by atoms with Crippen LogP contribution in [0.15, 0.2) is 24.3 Å². The van der Waals surface area contributed by atoms with Gasteiger partial charge in [0.1, 0.15) is 11.9 Å². The Morgan fingerprint density at radius 2 is 1.62 bits per heavy atom. The lowest BCUT2D eigenvalue weighted by Gasteiger charge is -2.58. The summed E-state index contributed by atoms with van der Waals surface area (Å²) in [6, 6.07) is 7.70. The molecule has 5 atom stereocenters. The van der Waals surface area contributed by atoms with Crippen molar-refractivity contribution in [3.63, 3.8) is 0 Å². The van der Waals surface area contributed by atoms with Gasteiger partial charge in [0.25, 0.3) is 0 Å². The first-order valence-electron chi connectivity index (χ1n) is 12.2. The number of piperidine rings is 1. The van der Waals surface area contributed by atoms with Crippen LogP contribution >= 0.6 is 0 Å². The average molecular weight is 440 g/mol. The highest BCUT2D eigenvalue weighted by Gasteiger charge is 2.55. The van der Waals surface area contributed by atoms with Crippen LogP contribution in [-0.2, 0) is 0 Å². The molecule has 2 aliphatic heterocycles. The zero-order chi connectivity index (χ0) is 22.0. The number of amides is 3. The van der Waals surface area contributed by atoms with Gasteiger partial charge in [0.15, 0.2) is 0 Å². The smallest absolute Gasteiger partial charge is 0.318 e. The molecule has 7 rings (SSSR count). The number of nitrogens with one attached hydrogen (secondary N) is 1. The molecule has 2 heterocycles. The number of hydrogen-bond acceptors (Lipinski definition) is 4. The van der Waals surface area contributed by atoms with Crippen molar-refractivity contribution >= 4 is 11.9 Å². The number of hydrogen-bond donors (Lipinski definition) is 3. The number of benzene rings is 1. The number of primary amides is 1. The Hall–Kier alpha value is -2.28. The van der Waals surface area contributed by atoms with Crippen molar-refractivity contribution in [3.05, 3.63) is 29.8 Å². The Labute approximate surface area is 188 Å². The van der Waals surface area contributed by atoms with Crippen molar-refractivity contribution in [2.45, 2.75) is 87.6 Å². The number of fused-ring (bicyclic) bond motifs is 2. The number of carbonyl (C=O) groups is 2. The van der Waals surface area contributed by atoms with E-state index in [1.165, 1.54) is 0 Å². The van der Waals surface area contributed by atoms with Crippen LogP contribution in [0.25, 0.3) is 0 Å². The molecule has 4 aliphatic carbocycles. The van der Waals surface area contributed by atoms with Crippen LogP contribution in [0.3, 0.4) is 0 Å². The van der Waals surface area contributed by atoms with E-state index >= 15 is 0 Å². The van der Waals surface area contributed by atoms with Crippen LogP contribution in [0.1, 0.15) is 68.1 Å². The van der Waals surface area contributed by atoms with Crippen LogP contribution in [-0.4, -0.2) is 51.8 Å². The maximum atomic E-state index is 13.4. The zero-order valence-corrected chi connectivity index (χ0v) is 18.4. The molecule has 32 heavy (non-hydrogen) atoms. The van der Waals surface area contributed by atoms with Crippen molar-refractivity contribution < 1.29 is 19.4 Å². The quantitative estimate of drug-likeness (QED) is 0.671. The summed E-state index contributed by atoms with van der Waals surface area (Å²) in [7, 11) is 0. The highest BCUT2D eigenvalue weighted by atomic mass is 16.5. The fourth-order valence-electron chi connectivity index (χ4n) is 7.88. The fraction of sp³-hybridized carbons (Fsp3) is 0.680. The fourth-order valence-corrected chi connectivity index (χ4v) is 7.88. The van der Waals surface area contributed by atoms with Crippen LogP contribution in [0.4, 0.5) is 4.79 Å². The standard InChI is InChI=1S/C25H33N3O4/c26-23(29)15-1-5-20(6-2-15)32-21-9-18-3-4-19(10-21)28(18)24(30)27-22-16-7-14-8-17(22)13-25(31,11-14)12-16/h1-2,5-6,14,16-19,21-22,31H,3-4,7-13H2,(H2,26,29)(H,27,30)/t14?,16?,17?,18-,19+,21?,22?,25?. The summed E-state index contributed by atoms with van der Waals surface area (Å²) in [6.07, 6.45) is 8.76. The molecule has 0 radical (unpaired) electrons. The maximum absolute atomic E-state index is 13.4. The second kappa shape index (κ2) is 7.37. The summed E-state index contributed by atoms with van der Waals surface area (Å²) in [5, 5.41) is 14.3. The number of urea groups is 1. The topological polar surface area (TPSA) is 105 Å². The van der Waals surface area contributed by atoms with Gasteiger partial charge >= 0.3 is 6.03 Å². The van der Waals surface area contributed by atoms with E-state index in [2.05, 4.69) is 10.2 Å². The van der Waals surface area contributed by atoms with Gasteiger partial charge in [-0.05, 0) is 87.0 Å². The molecular weight excluding hydrogens is 406 g/mol. The molecule has 2 saturated heterocycles. The maximum Gasteiger partial charge on any atom is 0.318 e. The third-order valence-electron chi connectivity index (χ3n) is 8.90. The predicted molar refractivity (Wildman–Crippen MR) is 118 cm³/mol. The Kier molecular flexibility index (Phi) is 4.68. The lowest BCUT2D eigenvalue weighted by atomic mass is 9.52. The summed E-state index contributed by atoms with van der Waals surface area (Å²) < 4.78 is 6.20. The Morgan fingerprint density at radius 1 is 1.00 bits per heavy atom. The molecule has 3 unspecified atom stereocenters. The summed E-state index contributed by atoms with van der Waals surface area (Å²) in [5.41, 5.74) is 5.32. The SMILES string of the molecule is NC(=O)c1ccc(OC2C[C@H]3CC[C@@H](C2)N3C(=O)NC2C3CC4CC2CC(O)(C4)C3)cc1. The van der Waals surface area contributed by atoms with Crippen LogP contribution in [0.5, 0.6) is 5.75 Å². The molecule has 0 aromatic heterocycles. The second-order valence-corrected chi connectivity index (χ2v) is 11.1. The van der Waals surface area contributed by atoms with E-state index in [9.17, 15) is 14.7 Å². The lowest BCUT2D eigenvalue weighted by Crippen LogP contribution is -2.64. The molecule has 6 aliphatic rings. The van der Waals surface area contributed by atoms with E-state index in [-0.39, 0.29) is 30.3 Å². The Balaban J connectivity index is 1.08. The van der Waals surface area contributed by atoms with E-state index in [1.54, 1.807) is 24.3 Å². The summed E-state index contributed by atoms with van der Waals surface area (Å²) in [4.78, 5) is 26.7. The van der Waals surface area contributed by atoms with Crippen molar-refractivity contribution in [1.29, 1.82) is 0 Å². The monoisotopic (exact) mass is 439 g/mol. The molecule has 3 amide bonds. The largest absolute Gasteiger partial charge is 0.490 e. The van der Waals surface area contributed by atoms with Gasteiger partial charge in [-0.25, -0.2) is 4.79 Å². The molecule has 1 aromatic carbocycles. The first-order valence-corrected chi connectivity index (χ1v) is 12.2. The van der Waals surface area contributed by atoms with E-state index in [1.807, 2.05) is 0 Å². The van der Waals surface area contributed by atoms with E-state index in [4.69, 9.17) is 10.5 Å². The first-order chi connectivity index (χ1) is 15.4. The van der Waals surface area contributed by atoms with Crippen molar-refractivity contribution in [3.8, 4) is 5.75 Å².